The number of esters is 2. The summed E-state index contributed by atoms with van der Waals surface area (Å²) in [5.74, 6) is -1.27. The minimum atomic E-state index is -4.93. The molecule has 2 rings (SSSR count). The molecule has 0 aliphatic rings. The van der Waals surface area contributed by atoms with Crippen LogP contribution in [0.3, 0.4) is 0 Å². The maximum Gasteiger partial charge on any atom is 0.332 e. The van der Waals surface area contributed by atoms with Gasteiger partial charge in [0.05, 0.1) is 23.8 Å². The number of benzene rings is 2. The van der Waals surface area contributed by atoms with Crippen LogP contribution in [0.1, 0.15) is 20.8 Å². The van der Waals surface area contributed by atoms with Crippen molar-refractivity contribution in [3.63, 3.8) is 0 Å². The van der Waals surface area contributed by atoms with Crippen molar-refractivity contribution in [2.24, 2.45) is 10.2 Å². The summed E-state index contributed by atoms with van der Waals surface area (Å²) in [6, 6.07) is 7.93. The third-order valence-corrected chi connectivity index (χ3v) is 5.57. The SMILES string of the molecule is CC(=O)Nc1cc(N(CCOC(C)=O)CCOC(C)=O)ccc1/N=N/c1ccc(S(=O)(=O)F)cc1Cl. The van der Waals surface area contributed by atoms with Crippen LogP contribution in [0.25, 0.3) is 0 Å². The van der Waals surface area contributed by atoms with Gasteiger partial charge in [0.15, 0.2) is 0 Å². The van der Waals surface area contributed by atoms with Gasteiger partial charge < -0.3 is 19.7 Å². The van der Waals surface area contributed by atoms with Gasteiger partial charge in [0.1, 0.15) is 29.5 Å². The molecule has 0 aromatic heterocycles. The number of azo groups is 1. The molecule has 0 heterocycles. The fourth-order valence-corrected chi connectivity index (χ4v) is 3.67. The second kappa shape index (κ2) is 12.9. The van der Waals surface area contributed by atoms with E-state index in [2.05, 4.69) is 15.5 Å². The Balaban J connectivity index is 2.36. The Hall–Kier alpha value is -3.58. The first-order chi connectivity index (χ1) is 16.9. The van der Waals surface area contributed by atoms with E-state index in [0.29, 0.717) is 5.69 Å². The van der Waals surface area contributed by atoms with E-state index in [4.69, 9.17) is 21.1 Å². The molecule has 0 atom stereocenters. The highest BCUT2D eigenvalue weighted by molar-refractivity contribution is 7.86. The lowest BCUT2D eigenvalue weighted by molar-refractivity contribution is -0.141. The molecule has 0 spiro atoms. The zero-order valence-electron chi connectivity index (χ0n) is 19.7. The molecule has 0 aliphatic heterocycles. The summed E-state index contributed by atoms with van der Waals surface area (Å²) >= 11 is 6.00. The summed E-state index contributed by atoms with van der Waals surface area (Å²) in [5, 5.41) is 10.6. The molecule has 11 nitrogen and oxygen atoms in total. The average Bonchev–Trinajstić information content (AvgIpc) is 2.76. The van der Waals surface area contributed by atoms with Gasteiger partial charge in [-0.25, -0.2) is 0 Å². The van der Waals surface area contributed by atoms with E-state index in [9.17, 15) is 26.7 Å². The van der Waals surface area contributed by atoms with Crippen LogP contribution in [0, 0.1) is 0 Å². The molecule has 14 heteroatoms. The number of anilines is 2. The molecule has 0 saturated heterocycles. The molecular formula is C22H24ClFN4O7S. The lowest BCUT2D eigenvalue weighted by Crippen LogP contribution is -2.32. The maximum absolute atomic E-state index is 13.2. The smallest absolute Gasteiger partial charge is 0.332 e. The van der Waals surface area contributed by atoms with Crippen molar-refractivity contribution in [2.45, 2.75) is 25.7 Å². The van der Waals surface area contributed by atoms with Crippen molar-refractivity contribution in [1.82, 2.24) is 0 Å². The van der Waals surface area contributed by atoms with Crippen LogP contribution in [0.4, 0.5) is 26.6 Å². The summed E-state index contributed by atoms with van der Waals surface area (Å²) in [6.07, 6.45) is 0. The lowest BCUT2D eigenvalue weighted by atomic mass is 10.2. The summed E-state index contributed by atoms with van der Waals surface area (Å²) in [6.45, 7) is 4.59. The van der Waals surface area contributed by atoms with Crippen LogP contribution >= 0.6 is 11.6 Å². The Morgan fingerprint density at radius 3 is 2.00 bits per heavy atom. The largest absolute Gasteiger partial charge is 0.464 e. The van der Waals surface area contributed by atoms with Crippen molar-refractivity contribution in [3.05, 3.63) is 41.4 Å². The second-order valence-corrected chi connectivity index (χ2v) is 9.06. The van der Waals surface area contributed by atoms with Crippen molar-refractivity contribution < 1.29 is 36.2 Å². The van der Waals surface area contributed by atoms with Crippen LogP contribution in [0.5, 0.6) is 0 Å². The van der Waals surface area contributed by atoms with Crippen molar-refractivity contribution in [1.29, 1.82) is 0 Å². The zero-order chi connectivity index (χ0) is 26.9. The Morgan fingerprint density at radius 1 is 0.944 bits per heavy atom. The topological polar surface area (TPSA) is 144 Å². The predicted molar refractivity (Wildman–Crippen MR) is 130 cm³/mol. The average molecular weight is 543 g/mol. The number of carbonyl (C=O) groups excluding carboxylic acids is 3. The van der Waals surface area contributed by atoms with Crippen LogP contribution in [0.2, 0.25) is 5.02 Å². The third-order valence-electron chi connectivity index (χ3n) is 4.46. The quantitative estimate of drug-likeness (QED) is 0.251. The molecule has 0 radical (unpaired) electrons. The zero-order valence-corrected chi connectivity index (χ0v) is 21.2. The van der Waals surface area contributed by atoms with Gasteiger partial charge in [-0.2, -0.15) is 8.42 Å². The van der Waals surface area contributed by atoms with Crippen LogP contribution in [0.15, 0.2) is 51.5 Å². The van der Waals surface area contributed by atoms with E-state index >= 15 is 0 Å². The first-order valence-corrected chi connectivity index (χ1v) is 12.2. The fourth-order valence-electron chi connectivity index (χ4n) is 2.89. The van der Waals surface area contributed by atoms with Crippen molar-refractivity contribution in [2.75, 3.05) is 36.5 Å². The maximum atomic E-state index is 13.2. The highest BCUT2D eigenvalue weighted by Gasteiger charge is 2.15. The molecule has 0 fully saturated rings. The van der Waals surface area contributed by atoms with Gasteiger partial charge >= 0.3 is 22.2 Å². The molecule has 0 saturated carbocycles. The first-order valence-electron chi connectivity index (χ1n) is 10.5. The van der Waals surface area contributed by atoms with E-state index in [1.165, 1.54) is 26.8 Å². The van der Waals surface area contributed by atoms with Crippen LogP contribution < -0.4 is 10.2 Å². The van der Waals surface area contributed by atoms with Gasteiger partial charge in [-0.05, 0) is 36.4 Å². The molecule has 36 heavy (non-hydrogen) atoms. The Kier molecular flexibility index (Phi) is 10.3. The van der Waals surface area contributed by atoms with Gasteiger partial charge in [0, 0.05) is 26.5 Å². The molecule has 0 aliphatic carbocycles. The molecule has 2 aromatic rings. The molecule has 194 valence electrons. The molecule has 2 aromatic carbocycles. The van der Waals surface area contributed by atoms with Gasteiger partial charge in [0.25, 0.3) is 0 Å². The predicted octanol–water partition coefficient (Wildman–Crippen LogP) is 4.30. The number of carbonyl (C=O) groups is 3. The van der Waals surface area contributed by atoms with Gasteiger partial charge in [-0.15, -0.1) is 14.1 Å². The summed E-state index contributed by atoms with van der Waals surface area (Å²) in [4.78, 5) is 35.2. The normalized spacial score (nSPS) is 11.2. The van der Waals surface area contributed by atoms with E-state index in [1.54, 1.807) is 23.1 Å². The molecule has 0 unspecified atom stereocenters. The number of halogens is 2. The van der Waals surface area contributed by atoms with E-state index in [0.717, 1.165) is 12.1 Å². The summed E-state index contributed by atoms with van der Waals surface area (Å²) in [7, 11) is -4.93. The monoisotopic (exact) mass is 542 g/mol. The number of hydrogen-bond acceptors (Lipinski definition) is 10. The molecule has 1 amide bonds. The fraction of sp³-hybridized carbons (Fsp3) is 0.318. The van der Waals surface area contributed by atoms with Gasteiger partial charge in [-0.1, -0.05) is 11.6 Å². The summed E-state index contributed by atoms with van der Waals surface area (Å²) < 4.78 is 45.2. The number of nitrogens with one attached hydrogen (secondary N) is 1. The number of nitrogens with zero attached hydrogens (tertiary/aromatic N) is 3. The van der Waals surface area contributed by atoms with Crippen molar-refractivity contribution in [3.8, 4) is 0 Å². The lowest BCUT2D eigenvalue weighted by Gasteiger charge is -2.25. The number of rotatable bonds is 11. The summed E-state index contributed by atoms with van der Waals surface area (Å²) in [5.41, 5.74) is 1.21. The van der Waals surface area contributed by atoms with Crippen LogP contribution in [-0.2, 0) is 34.1 Å². The standard InChI is InChI=1S/C22H24ClFN4O7S/c1-14(29)25-22-12-17(28(8-10-34-15(2)30)9-11-35-16(3)31)4-6-21(22)27-26-20-7-5-18(13-19(20)23)36(24,32)33/h4-7,12-13H,8-11H2,1-3H3,(H,25,29)/b27-26+. The Bertz CT molecular complexity index is 1250. The van der Waals surface area contributed by atoms with Crippen LogP contribution in [-0.4, -0.2) is 52.6 Å². The number of hydrogen-bond donors (Lipinski definition) is 1. The van der Waals surface area contributed by atoms with E-state index in [1.807, 2.05) is 0 Å². The molecular weight excluding hydrogens is 519 g/mol. The molecule has 1 N–H and O–H groups in total. The molecule has 0 bridgehead atoms. The van der Waals surface area contributed by atoms with E-state index in [-0.39, 0.29) is 54.3 Å². The Labute approximate surface area is 212 Å². The van der Waals surface area contributed by atoms with Gasteiger partial charge in [0.2, 0.25) is 5.91 Å². The number of amides is 1. The van der Waals surface area contributed by atoms with Gasteiger partial charge in [-0.3, -0.25) is 14.4 Å². The first kappa shape index (κ1) is 28.7. The third kappa shape index (κ3) is 9.23. The van der Waals surface area contributed by atoms with E-state index < -0.39 is 27.1 Å². The second-order valence-electron chi connectivity index (χ2n) is 7.30. The highest BCUT2D eigenvalue weighted by Crippen LogP contribution is 2.34. The van der Waals surface area contributed by atoms with Crippen molar-refractivity contribution >= 4 is 62.4 Å². The minimum Gasteiger partial charge on any atom is -0.464 e. The Morgan fingerprint density at radius 2 is 1.50 bits per heavy atom. The number of ether oxygens (including phenoxy) is 2. The minimum absolute atomic E-state index is 0.0753. The highest BCUT2D eigenvalue weighted by atomic mass is 35.5.